The molecule has 0 fully saturated rings. The van der Waals surface area contributed by atoms with Crippen molar-refractivity contribution in [2.24, 2.45) is 5.73 Å². The lowest BCUT2D eigenvalue weighted by atomic mass is 10.1. The second kappa shape index (κ2) is 6.03. The molecule has 0 radical (unpaired) electrons. The zero-order chi connectivity index (χ0) is 14.6. The SMILES string of the molecule is CC(NS(=O)(=O)C(C)C)c1ccc(NC(N)=O)cc1. The first-order valence-electron chi connectivity index (χ1n) is 5.90. The normalized spacial score (nSPS) is 13.3. The summed E-state index contributed by atoms with van der Waals surface area (Å²) in [5, 5.41) is 1.96. The van der Waals surface area contributed by atoms with Crippen LogP contribution in [-0.2, 0) is 10.0 Å². The lowest BCUT2D eigenvalue weighted by Crippen LogP contribution is -2.32. The zero-order valence-electron chi connectivity index (χ0n) is 11.2. The number of amides is 2. The van der Waals surface area contributed by atoms with Crippen LogP contribution in [0.25, 0.3) is 0 Å². The second-order valence-electron chi connectivity index (χ2n) is 4.54. The van der Waals surface area contributed by atoms with E-state index in [1.807, 2.05) is 0 Å². The summed E-state index contributed by atoms with van der Waals surface area (Å²) in [4.78, 5) is 10.7. The van der Waals surface area contributed by atoms with Crippen molar-refractivity contribution in [3.05, 3.63) is 29.8 Å². The highest BCUT2D eigenvalue weighted by Crippen LogP contribution is 2.17. The van der Waals surface area contributed by atoms with Crippen LogP contribution in [0.2, 0.25) is 0 Å². The fourth-order valence-electron chi connectivity index (χ4n) is 1.45. The highest BCUT2D eigenvalue weighted by atomic mass is 32.2. The summed E-state index contributed by atoms with van der Waals surface area (Å²) in [6.45, 7) is 5.00. The lowest BCUT2D eigenvalue weighted by molar-refractivity contribution is 0.259. The molecule has 0 aliphatic carbocycles. The Labute approximate surface area is 113 Å². The Balaban J connectivity index is 2.78. The highest BCUT2D eigenvalue weighted by Gasteiger charge is 2.19. The molecule has 0 spiro atoms. The van der Waals surface area contributed by atoms with Gasteiger partial charge in [-0.05, 0) is 38.5 Å². The van der Waals surface area contributed by atoms with E-state index >= 15 is 0 Å². The summed E-state index contributed by atoms with van der Waals surface area (Å²) >= 11 is 0. The summed E-state index contributed by atoms with van der Waals surface area (Å²) in [6, 6.07) is 5.83. The number of benzene rings is 1. The number of hydrogen-bond acceptors (Lipinski definition) is 3. The third-order valence-corrected chi connectivity index (χ3v) is 4.56. The van der Waals surface area contributed by atoms with E-state index in [0.29, 0.717) is 5.69 Å². The Hall–Kier alpha value is -1.60. The molecular formula is C12H19N3O3S. The zero-order valence-corrected chi connectivity index (χ0v) is 12.0. The van der Waals surface area contributed by atoms with Crippen LogP contribution in [0.5, 0.6) is 0 Å². The second-order valence-corrected chi connectivity index (χ2v) is 6.81. The van der Waals surface area contributed by atoms with Crippen LogP contribution in [0.1, 0.15) is 32.4 Å². The van der Waals surface area contributed by atoms with E-state index in [1.165, 1.54) is 0 Å². The molecule has 0 aromatic heterocycles. The number of carbonyl (C=O) groups excluding carboxylic acids is 1. The first-order valence-corrected chi connectivity index (χ1v) is 7.44. The number of carbonyl (C=O) groups is 1. The van der Waals surface area contributed by atoms with E-state index < -0.39 is 21.3 Å². The van der Waals surface area contributed by atoms with Crippen molar-refractivity contribution in [1.82, 2.24) is 4.72 Å². The van der Waals surface area contributed by atoms with Crippen molar-refractivity contribution >= 4 is 21.7 Å². The van der Waals surface area contributed by atoms with Crippen molar-refractivity contribution in [3.63, 3.8) is 0 Å². The van der Waals surface area contributed by atoms with Crippen LogP contribution in [0.15, 0.2) is 24.3 Å². The molecule has 1 unspecified atom stereocenters. The molecule has 6 nitrogen and oxygen atoms in total. The van der Waals surface area contributed by atoms with Gasteiger partial charge >= 0.3 is 6.03 Å². The third-order valence-electron chi connectivity index (χ3n) is 2.64. The van der Waals surface area contributed by atoms with Crippen molar-refractivity contribution in [2.75, 3.05) is 5.32 Å². The minimum absolute atomic E-state index is 0.338. The van der Waals surface area contributed by atoms with E-state index in [9.17, 15) is 13.2 Å². The summed E-state index contributed by atoms with van der Waals surface area (Å²) in [7, 11) is -3.31. The maximum absolute atomic E-state index is 11.7. The van der Waals surface area contributed by atoms with E-state index in [4.69, 9.17) is 5.73 Å². The van der Waals surface area contributed by atoms with Gasteiger partial charge in [-0.2, -0.15) is 0 Å². The number of sulfonamides is 1. The van der Waals surface area contributed by atoms with E-state index in [2.05, 4.69) is 10.0 Å². The van der Waals surface area contributed by atoms with Crippen LogP contribution >= 0.6 is 0 Å². The molecule has 1 aromatic rings. The van der Waals surface area contributed by atoms with Gasteiger partial charge < -0.3 is 11.1 Å². The number of hydrogen-bond donors (Lipinski definition) is 3. The minimum Gasteiger partial charge on any atom is -0.351 e. The lowest BCUT2D eigenvalue weighted by Gasteiger charge is -2.17. The van der Waals surface area contributed by atoms with Gasteiger partial charge in [0.2, 0.25) is 10.0 Å². The van der Waals surface area contributed by atoms with Crippen molar-refractivity contribution < 1.29 is 13.2 Å². The number of primary amides is 1. The fourth-order valence-corrected chi connectivity index (χ4v) is 2.35. The third kappa shape index (κ3) is 4.53. The molecule has 4 N–H and O–H groups in total. The van der Waals surface area contributed by atoms with Gasteiger partial charge in [0.05, 0.1) is 5.25 Å². The maximum atomic E-state index is 11.7. The summed E-state index contributed by atoms with van der Waals surface area (Å²) in [5.41, 5.74) is 6.37. The molecule has 0 heterocycles. The summed E-state index contributed by atoms with van der Waals surface area (Å²) < 4.78 is 26.1. The van der Waals surface area contributed by atoms with Crippen LogP contribution in [0, 0.1) is 0 Å². The molecule has 1 aromatic carbocycles. The molecule has 0 saturated heterocycles. The van der Waals surface area contributed by atoms with E-state index in [1.54, 1.807) is 45.0 Å². The number of anilines is 1. The molecule has 19 heavy (non-hydrogen) atoms. The maximum Gasteiger partial charge on any atom is 0.316 e. The minimum atomic E-state index is -3.31. The van der Waals surface area contributed by atoms with Crippen LogP contribution in [0.3, 0.4) is 0 Å². The summed E-state index contributed by atoms with van der Waals surface area (Å²) in [5.74, 6) is 0. The van der Waals surface area contributed by atoms with Gasteiger partial charge in [-0.25, -0.2) is 17.9 Å². The monoisotopic (exact) mass is 285 g/mol. The summed E-state index contributed by atoms with van der Waals surface area (Å²) in [6.07, 6.45) is 0. The van der Waals surface area contributed by atoms with Crippen LogP contribution in [0.4, 0.5) is 10.5 Å². The molecule has 106 valence electrons. The van der Waals surface area contributed by atoms with Gasteiger partial charge in [-0.15, -0.1) is 0 Å². The van der Waals surface area contributed by atoms with Gasteiger partial charge in [0.15, 0.2) is 0 Å². The van der Waals surface area contributed by atoms with Gasteiger partial charge in [-0.3, -0.25) is 0 Å². The first kappa shape index (κ1) is 15.5. The van der Waals surface area contributed by atoms with Crippen LogP contribution < -0.4 is 15.8 Å². The van der Waals surface area contributed by atoms with E-state index in [0.717, 1.165) is 5.56 Å². The average molecular weight is 285 g/mol. The van der Waals surface area contributed by atoms with Gasteiger partial charge in [0, 0.05) is 11.7 Å². The standard InChI is InChI=1S/C12H19N3O3S/c1-8(2)19(17,18)15-9(3)10-4-6-11(7-5-10)14-12(13)16/h4-9,15H,1-3H3,(H3,13,14,16). The predicted octanol–water partition coefficient (Wildman–Crippen LogP) is 1.57. The molecule has 0 saturated carbocycles. The Bertz CT molecular complexity index is 538. The van der Waals surface area contributed by atoms with Gasteiger partial charge in [0.25, 0.3) is 0 Å². The van der Waals surface area contributed by atoms with Gasteiger partial charge in [-0.1, -0.05) is 12.1 Å². The van der Waals surface area contributed by atoms with Crippen molar-refractivity contribution in [1.29, 1.82) is 0 Å². The van der Waals surface area contributed by atoms with Gasteiger partial charge in [0.1, 0.15) is 0 Å². The fraction of sp³-hybridized carbons (Fsp3) is 0.417. The van der Waals surface area contributed by atoms with Crippen molar-refractivity contribution in [2.45, 2.75) is 32.1 Å². The molecule has 0 aliphatic heterocycles. The molecular weight excluding hydrogens is 266 g/mol. The molecule has 2 amide bonds. The average Bonchev–Trinajstić information content (AvgIpc) is 2.28. The molecule has 1 atom stereocenters. The van der Waals surface area contributed by atoms with E-state index in [-0.39, 0.29) is 6.04 Å². The van der Waals surface area contributed by atoms with Crippen LogP contribution in [-0.4, -0.2) is 19.7 Å². The predicted molar refractivity (Wildman–Crippen MR) is 75.3 cm³/mol. The quantitative estimate of drug-likeness (QED) is 0.765. The number of nitrogens with two attached hydrogens (primary N) is 1. The Morgan fingerprint density at radius 3 is 2.11 bits per heavy atom. The largest absolute Gasteiger partial charge is 0.351 e. The first-order chi connectivity index (χ1) is 8.72. The smallest absolute Gasteiger partial charge is 0.316 e. The Morgan fingerprint density at radius 2 is 1.68 bits per heavy atom. The Morgan fingerprint density at radius 1 is 1.16 bits per heavy atom. The Kier molecular flexibility index (Phi) is 4.90. The highest BCUT2D eigenvalue weighted by molar-refractivity contribution is 7.90. The topological polar surface area (TPSA) is 101 Å². The van der Waals surface area contributed by atoms with Crippen molar-refractivity contribution in [3.8, 4) is 0 Å². The molecule has 7 heteroatoms. The molecule has 1 rings (SSSR count). The number of urea groups is 1. The molecule has 0 bridgehead atoms. The number of rotatable bonds is 5. The number of nitrogens with one attached hydrogen (secondary N) is 2. The molecule has 0 aliphatic rings.